The van der Waals surface area contributed by atoms with E-state index >= 15 is 0 Å². The molecule has 0 aromatic carbocycles. The molecule has 0 aliphatic carbocycles. The number of nitrogens with one attached hydrogen (secondary N) is 1. The lowest BCUT2D eigenvalue weighted by Crippen LogP contribution is -2.49. The first-order chi connectivity index (χ1) is 11.7. The number of H-pyrrole nitrogens is 1. The molecule has 2 atom stereocenters. The van der Waals surface area contributed by atoms with Crippen molar-refractivity contribution in [1.82, 2.24) is 14.9 Å². The van der Waals surface area contributed by atoms with Gasteiger partial charge in [0.1, 0.15) is 11.9 Å². The van der Waals surface area contributed by atoms with E-state index in [0.29, 0.717) is 5.56 Å². The van der Waals surface area contributed by atoms with Gasteiger partial charge in [0.25, 0.3) is 5.91 Å². The molecule has 0 saturated carbocycles. The highest BCUT2D eigenvalue weighted by molar-refractivity contribution is 5.94. The molecule has 2 unspecified atom stereocenters. The lowest BCUT2D eigenvalue weighted by molar-refractivity contribution is 0.0358. The molecule has 4 rings (SSSR count). The van der Waals surface area contributed by atoms with Crippen molar-refractivity contribution in [3.05, 3.63) is 58.8 Å². The van der Waals surface area contributed by atoms with Crippen LogP contribution in [0.1, 0.15) is 36.0 Å². The quantitative estimate of drug-likeness (QED) is 0.936. The molecule has 2 aliphatic heterocycles. The number of piperidine rings is 1. The van der Waals surface area contributed by atoms with Gasteiger partial charge in [-0.25, -0.2) is 0 Å². The number of hydrogen-bond acceptors (Lipinski definition) is 4. The first-order valence-electron chi connectivity index (χ1n) is 8.29. The monoisotopic (exact) mass is 325 g/mol. The summed E-state index contributed by atoms with van der Waals surface area (Å²) in [7, 11) is 0. The third-order valence-electron chi connectivity index (χ3n) is 4.90. The van der Waals surface area contributed by atoms with E-state index in [2.05, 4.69) is 9.97 Å². The largest absolute Gasteiger partial charge is 0.490 e. The summed E-state index contributed by atoms with van der Waals surface area (Å²) in [6.45, 7) is 0. The molecule has 1 amide bonds. The Labute approximate surface area is 139 Å². The average molecular weight is 325 g/mol. The maximum atomic E-state index is 12.8. The second-order valence-corrected chi connectivity index (χ2v) is 6.43. The van der Waals surface area contributed by atoms with E-state index < -0.39 is 0 Å². The molecule has 2 aliphatic rings. The number of aromatic amines is 1. The van der Waals surface area contributed by atoms with Gasteiger partial charge in [-0.3, -0.25) is 14.6 Å². The van der Waals surface area contributed by atoms with E-state index in [1.165, 1.54) is 12.3 Å². The Morgan fingerprint density at radius 2 is 1.88 bits per heavy atom. The molecule has 4 heterocycles. The Balaban J connectivity index is 1.49. The average Bonchev–Trinajstić information content (AvgIpc) is 2.86. The van der Waals surface area contributed by atoms with Crippen molar-refractivity contribution in [3.8, 4) is 5.75 Å². The van der Waals surface area contributed by atoms with Crippen LogP contribution in [0.5, 0.6) is 5.75 Å². The number of aromatic nitrogens is 2. The van der Waals surface area contributed by atoms with Crippen molar-refractivity contribution in [3.63, 3.8) is 0 Å². The summed E-state index contributed by atoms with van der Waals surface area (Å²) in [5.74, 6) is 0.778. The summed E-state index contributed by atoms with van der Waals surface area (Å²) in [6.07, 6.45) is 8.72. The van der Waals surface area contributed by atoms with Crippen molar-refractivity contribution in [2.45, 2.75) is 43.9 Å². The summed E-state index contributed by atoms with van der Waals surface area (Å²) in [6, 6.07) is 7.12. The van der Waals surface area contributed by atoms with Gasteiger partial charge in [0.05, 0.1) is 0 Å². The maximum Gasteiger partial charge on any atom is 0.254 e. The molecular formula is C18H19N3O3. The first-order valence-corrected chi connectivity index (χ1v) is 8.29. The van der Waals surface area contributed by atoms with E-state index in [0.717, 1.165) is 31.4 Å². The topological polar surface area (TPSA) is 75.3 Å². The van der Waals surface area contributed by atoms with Crippen LogP contribution in [0, 0.1) is 0 Å². The Hall–Kier alpha value is -2.63. The SMILES string of the molecule is O=C(c1cc[nH]c(=O)c1)N1C2CCC1CC(Oc1ccncc1)C2. The van der Waals surface area contributed by atoms with Gasteiger partial charge in [-0.2, -0.15) is 0 Å². The Kier molecular flexibility index (Phi) is 3.80. The molecule has 2 saturated heterocycles. The van der Waals surface area contributed by atoms with E-state index in [-0.39, 0.29) is 29.7 Å². The minimum atomic E-state index is -0.246. The smallest absolute Gasteiger partial charge is 0.254 e. The van der Waals surface area contributed by atoms with Gasteiger partial charge in [0, 0.05) is 55.1 Å². The van der Waals surface area contributed by atoms with Gasteiger partial charge >= 0.3 is 0 Å². The van der Waals surface area contributed by atoms with Crippen LogP contribution in [-0.4, -0.2) is 39.0 Å². The van der Waals surface area contributed by atoms with Gasteiger partial charge in [-0.05, 0) is 31.0 Å². The molecule has 6 heteroatoms. The summed E-state index contributed by atoms with van der Waals surface area (Å²) in [5.41, 5.74) is 0.216. The van der Waals surface area contributed by atoms with Gasteiger partial charge in [0.2, 0.25) is 5.56 Å². The van der Waals surface area contributed by atoms with E-state index in [4.69, 9.17) is 4.74 Å². The Morgan fingerprint density at radius 3 is 2.54 bits per heavy atom. The highest BCUT2D eigenvalue weighted by Crippen LogP contribution is 2.38. The van der Waals surface area contributed by atoms with E-state index in [1.807, 2.05) is 17.0 Å². The first kappa shape index (κ1) is 14.9. The van der Waals surface area contributed by atoms with Crippen LogP contribution in [0.3, 0.4) is 0 Å². The van der Waals surface area contributed by atoms with Crippen LogP contribution in [0.4, 0.5) is 0 Å². The number of nitrogens with zero attached hydrogens (tertiary/aromatic N) is 2. The van der Waals surface area contributed by atoms with Crippen LogP contribution in [0.15, 0.2) is 47.7 Å². The molecule has 124 valence electrons. The van der Waals surface area contributed by atoms with Crippen LogP contribution >= 0.6 is 0 Å². The molecule has 0 radical (unpaired) electrons. The van der Waals surface area contributed by atoms with Gasteiger partial charge in [0.15, 0.2) is 0 Å². The van der Waals surface area contributed by atoms with Crippen LogP contribution in [0.2, 0.25) is 0 Å². The summed E-state index contributed by atoms with van der Waals surface area (Å²) < 4.78 is 6.06. The second-order valence-electron chi connectivity index (χ2n) is 6.43. The fourth-order valence-corrected chi connectivity index (χ4v) is 3.89. The maximum absolute atomic E-state index is 12.8. The normalized spacial score (nSPS) is 25.5. The van der Waals surface area contributed by atoms with Crippen molar-refractivity contribution in [1.29, 1.82) is 0 Å². The predicted octanol–water partition coefficient (Wildman–Crippen LogP) is 1.98. The van der Waals surface area contributed by atoms with E-state index in [1.54, 1.807) is 18.5 Å². The minimum Gasteiger partial charge on any atom is -0.490 e. The van der Waals surface area contributed by atoms with E-state index in [9.17, 15) is 9.59 Å². The van der Waals surface area contributed by atoms with Crippen LogP contribution in [0.25, 0.3) is 0 Å². The molecule has 2 bridgehead atoms. The number of fused-ring (bicyclic) bond motifs is 2. The molecule has 6 nitrogen and oxygen atoms in total. The number of carbonyl (C=O) groups is 1. The molecule has 2 fully saturated rings. The van der Waals surface area contributed by atoms with Crippen molar-refractivity contribution >= 4 is 5.91 Å². The lowest BCUT2D eigenvalue weighted by atomic mass is 9.98. The number of carbonyl (C=O) groups excluding carboxylic acids is 1. The molecule has 2 aromatic rings. The highest BCUT2D eigenvalue weighted by atomic mass is 16.5. The molecule has 2 aromatic heterocycles. The second kappa shape index (κ2) is 6.11. The zero-order chi connectivity index (χ0) is 16.5. The zero-order valence-corrected chi connectivity index (χ0v) is 13.2. The van der Waals surface area contributed by atoms with Gasteiger partial charge < -0.3 is 14.6 Å². The summed E-state index contributed by atoms with van der Waals surface area (Å²) in [5, 5.41) is 0. The predicted molar refractivity (Wildman–Crippen MR) is 87.9 cm³/mol. The molecular weight excluding hydrogens is 306 g/mol. The van der Waals surface area contributed by atoms with Crippen molar-refractivity contribution < 1.29 is 9.53 Å². The third kappa shape index (κ3) is 2.79. The molecule has 24 heavy (non-hydrogen) atoms. The lowest BCUT2D eigenvalue weighted by Gasteiger charge is -2.39. The number of pyridine rings is 2. The zero-order valence-electron chi connectivity index (χ0n) is 13.2. The Bertz CT molecular complexity index is 775. The number of amides is 1. The Morgan fingerprint density at radius 1 is 1.17 bits per heavy atom. The number of ether oxygens (including phenoxy) is 1. The highest BCUT2D eigenvalue weighted by Gasteiger charge is 2.44. The number of hydrogen-bond donors (Lipinski definition) is 1. The minimum absolute atomic E-state index is 0.0454. The summed E-state index contributed by atoms with van der Waals surface area (Å²) >= 11 is 0. The fourth-order valence-electron chi connectivity index (χ4n) is 3.89. The van der Waals surface area contributed by atoms with Crippen molar-refractivity contribution in [2.75, 3.05) is 0 Å². The van der Waals surface area contributed by atoms with Crippen molar-refractivity contribution in [2.24, 2.45) is 0 Å². The standard InChI is InChI=1S/C18H19N3O3/c22-17-9-12(3-8-20-17)18(23)21-13-1-2-14(21)11-16(10-13)24-15-4-6-19-7-5-15/h3-9,13-14,16H,1-2,10-11H2,(H,20,22). The molecule has 0 spiro atoms. The number of rotatable bonds is 3. The van der Waals surface area contributed by atoms with Crippen LogP contribution in [-0.2, 0) is 0 Å². The summed E-state index contributed by atoms with van der Waals surface area (Å²) in [4.78, 5) is 32.8. The fraction of sp³-hybridized carbons (Fsp3) is 0.389. The van der Waals surface area contributed by atoms with Gasteiger partial charge in [-0.1, -0.05) is 0 Å². The van der Waals surface area contributed by atoms with Crippen LogP contribution < -0.4 is 10.3 Å². The molecule has 1 N–H and O–H groups in total. The third-order valence-corrected chi connectivity index (χ3v) is 4.90. The van der Waals surface area contributed by atoms with Gasteiger partial charge in [-0.15, -0.1) is 0 Å².